The Kier molecular flexibility index (Phi) is 5.98. The van der Waals surface area contributed by atoms with Gasteiger partial charge in [-0.1, -0.05) is 54.3 Å². The van der Waals surface area contributed by atoms with Crippen LogP contribution in [0, 0.1) is 6.92 Å². The average molecular weight is 373 g/mol. The van der Waals surface area contributed by atoms with Crippen molar-refractivity contribution in [2.75, 3.05) is 5.32 Å². The molecule has 1 saturated carbocycles. The van der Waals surface area contributed by atoms with Gasteiger partial charge in [-0.05, 0) is 74.7 Å². The first-order valence-corrected chi connectivity index (χ1v) is 9.74. The lowest BCUT2D eigenvalue weighted by atomic mass is 9.89. The second kappa shape index (κ2) is 8.20. The minimum absolute atomic E-state index is 0.111. The lowest BCUT2D eigenvalue weighted by Crippen LogP contribution is -2.48. The van der Waals surface area contributed by atoms with Crippen molar-refractivity contribution >= 4 is 34.6 Å². The first-order chi connectivity index (χ1) is 12.0. The minimum Gasteiger partial charge on any atom is -0.357 e. The third-order valence-corrected chi connectivity index (χ3v) is 5.47. The maximum Gasteiger partial charge on any atom is 0.171 e. The Morgan fingerprint density at radius 3 is 2.52 bits per heavy atom. The van der Waals surface area contributed by atoms with Crippen LogP contribution in [0.3, 0.4) is 0 Å². The molecule has 3 rings (SSSR count). The summed E-state index contributed by atoms with van der Waals surface area (Å²) in [5, 5.41) is 8.35. The zero-order valence-corrected chi connectivity index (χ0v) is 16.2. The average Bonchev–Trinajstić information content (AvgIpc) is 3.04. The molecule has 0 atom stereocenters. The quantitative estimate of drug-likeness (QED) is 0.641. The Labute approximate surface area is 161 Å². The van der Waals surface area contributed by atoms with Crippen molar-refractivity contribution in [3.8, 4) is 0 Å². The van der Waals surface area contributed by atoms with E-state index >= 15 is 0 Å². The highest BCUT2D eigenvalue weighted by Gasteiger charge is 2.34. The molecule has 4 heteroatoms. The van der Waals surface area contributed by atoms with Gasteiger partial charge in [0.2, 0.25) is 0 Å². The minimum atomic E-state index is 0.111. The van der Waals surface area contributed by atoms with E-state index in [1.54, 1.807) is 0 Å². The second-order valence-electron chi connectivity index (χ2n) is 7.06. The van der Waals surface area contributed by atoms with Crippen LogP contribution in [0.25, 0.3) is 0 Å². The summed E-state index contributed by atoms with van der Waals surface area (Å²) in [7, 11) is 0. The molecule has 0 bridgehead atoms. The van der Waals surface area contributed by atoms with Gasteiger partial charge in [0.1, 0.15) is 0 Å². The van der Waals surface area contributed by atoms with E-state index in [9.17, 15) is 0 Å². The van der Waals surface area contributed by atoms with Crippen LogP contribution >= 0.6 is 23.8 Å². The number of rotatable bonds is 5. The van der Waals surface area contributed by atoms with Crippen molar-refractivity contribution in [3.63, 3.8) is 0 Å². The summed E-state index contributed by atoms with van der Waals surface area (Å²) in [6.45, 7) is 2.15. The zero-order chi connectivity index (χ0) is 17.7. The first-order valence-electron chi connectivity index (χ1n) is 8.95. The summed E-state index contributed by atoms with van der Waals surface area (Å²) < 4.78 is 0. The van der Waals surface area contributed by atoms with E-state index in [1.807, 2.05) is 24.3 Å². The van der Waals surface area contributed by atoms with Gasteiger partial charge in [0.15, 0.2) is 5.11 Å². The van der Waals surface area contributed by atoms with Crippen LogP contribution in [0.4, 0.5) is 5.69 Å². The van der Waals surface area contributed by atoms with Gasteiger partial charge in [0.05, 0.1) is 0 Å². The predicted molar refractivity (Wildman–Crippen MR) is 112 cm³/mol. The largest absolute Gasteiger partial charge is 0.357 e. The third kappa shape index (κ3) is 5.20. The highest BCUT2D eigenvalue weighted by molar-refractivity contribution is 7.80. The number of halogens is 1. The van der Waals surface area contributed by atoms with E-state index in [0.29, 0.717) is 5.11 Å². The molecule has 0 radical (unpaired) electrons. The number of hydrogen-bond acceptors (Lipinski definition) is 1. The molecule has 2 nitrogen and oxygen atoms in total. The van der Waals surface area contributed by atoms with Crippen molar-refractivity contribution in [1.82, 2.24) is 5.32 Å². The van der Waals surface area contributed by atoms with E-state index < -0.39 is 0 Å². The second-order valence-corrected chi connectivity index (χ2v) is 7.91. The zero-order valence-electron chi connectivity index (χ0n) is 14.6. The first kappa shape index (κ1) is 18.2. The molecule has 1 aliphatic carbocycles. The monoisotopic (exact) mass is 372 g/mol. The predicted octanol–water partition coefficient (Wildman–Crippen LogP) is 5.88. The summed E-state index contributed by atoms with van der Waals surface area (Å²) in [5.74, 6) is 0. The van der Waals surface area contributed by atoms with Gasteiger partial charge in [-0.15, -0.1) is 0 Å². The van der Waals surface area contributed by atoms with Gasteiger partial charge in [-0.25, -0.2) is 0 Å². The number of benzene rings is 2. The molecule has 2 aromatic carbocycles. The molecule has 1 fully saturated rings. The topological polar surface area (TPSA) is 24.1 Å². The van der Waals surface area contributed by atoms with Crippen molar-refractivity contribution in [2.24, 2.45) is 0 Å². The fraction of sp³-hybridized carbons (Fsp3) is 0.381. The van der Waals surface area contributed by atoms with Crippen LogP contribution in [0.5, 0.6) is 0 Å². The molecule has 2 N–H and O–H groups in total. The van der Waals surface area contributed by atoms with Gasteiger partial charge >= 0.3 is 0 Å². The maximum absolute atomic E-state index is 5.94. The van der Waals surface area contributed by atoms with Crippen LogP contribution in [-0.4, -0.2) is 10.7 Å². The number of aryl methyl sites for hydroxylation is 2. The Balaban J connectivity index is 1.61. The molecule has 0 aromatic heterocycles. The Bertz CT molecular complexity index is 721. The lowest BCUT2D eigenvalue weighted by molar-refractivity contribution is 0.362. The Morgan fingerprint density at radius 1 is 1.12 bits per heavy atom. The van der Waals surface area contributed by atoms with Gasteiger partial charge < -0.3 is 10.6 Å². The molecule has 0 heterocycles. The molecule has 0 aliphatic heterocycles. The maximum atomic E-state index is 5.94. The lowest BCUT2D eigenvalue weighted by Gasteiger charge is -2.32. The number of anilines is 1. The summed E-state index contributed by atoms with van der Waals surface area (Å²) in [6.07, 6.45) is 7.09. The summed E-state index contributed by atoms with van der Waals surface area (Å²) in [6, 6.07) is 16.4. The number of nitrogens with one attached hydrogen (secondary N) is 2. The van der Waals surface area contributed by atoms with Crippen molar-refractivity contribution in [3.05, 3.63) is 64.7 Å². The van der Waals surface area contributed by atoms with Crippen LogP contribution in [0.1, 0.15) is 43.2 Å². The smallest absolute Gasteiger partial charge is 0.171 e. The summed E-state index contributed by atoms with van der Waals surface area (Å²) >= 11 is 11.5. The third-order valence-electron chi connectivity index (χ3n) is 5.02. The van der Waals surface area contributed by atoms with Gasteiger partial charge in [-0.3, -0.25) is 0 Å². The number of hydrogen-bond donors (Lipinski definition) is 2. The molecule has 0 unspecified atom stereocenters. The Hall–Kier alpha value is -1.58. The van der Waals surface area contributed by atoms with E-state index in [2.05, 4.69) is 41.8 Å². The van der Waals surface area contributed by atoms with E-state index in [4.69, 9.17) is 23.8 Å². The van der Waals surface area contributed by atoms with Crippen LogP contribution in [0.15, 0.2) is 48.5 Å². The SMILES string of the molecule is Cc1cccc(CCC2(NC(=S)Nc3ccc(Cl)cc3)CCCC2)c1. The van der Waals surface area contributed by atoms with Crippen molar-refractivity contribution in [2.45, 2.75) is 51.0 Å². The fourth-order valence-corrected chi connectivity index (χ4v) is 4.14. The molecule has 0 spiro atoms. The van der Waals surface area contributed by atoms with Crippen LogP contribution in [0.2, 0.25) is 5.02 Å². The van der Waals surface area contributed by atoms with Gasteiger partial charge in [-0.2, -0.15) is 0 Å². The molecule has 2 aromatic rings. The molecule has 0 amide bonds. The molecule has 1 aliphatic rings. The summed E-state index contributed by atoms with van der Waals surface area (Å²) in [5.41, 5.74) is 3.81. The molecule has 0 saturated heterocycles. The van der Waals surface area contributed by atoms with Crippen LogP contribution in [-0.2, 0) is 6.42 Å². The van der Waals surface area contributed by atoms with Crippen molar-refractivity contribution < 1.29 is 0 Å². The molecule has 25 heavy (non-hydrogen) atoms. The highest BCUT2D eigenvalue weighted by Crippen LogP contribution is 2.34. The van der Waals surface area contributed by atoms with E-state index in [-0.39, 0.29) is 5.54 Å². The fourth-order valence-electron chi connectivity index (χ4n) is 3.68. The normalized spacial score (nSPS) is 15.8. The van der Waals surface area contributed by atoms with E-state index in [1.165, 1.54) is 36.8 Å². The van der Waals surface area contributed by atoms with Gasteiger partial charge in [0.25, 0.3) is 0 Å². The van der Waals surface area contributed by atoms with Gasteiger partial charge in [0, 0.05) is 16.2 Å². The summed E-state index contributed by atoms with van der Waals surface area (Å²) in [4.78, 5) is 0. The van der Waals surface area contributed by atoms with E-state index in [0.717, 1.165) is 23.6 Å². The molecular weight excluding hydrogens is 348 g/mol. The van der Waals surface area contributed by atoms with Crippen molar-refractivity contribution in [1.29, 1.82) is 0 Å². The number of thiocarbonyl (C=S) groups is 1. The molecular formula is C21H25ClN2S. The standard InChI is InChI=1S/C21H25ClN2S/c1-16-5-4-6-17(15-16)11-14-21(12-2-3-13-21)24-20(25)23-19-9-7-18(22)8-10-19/h4-10,15H,2-3,11-14H2,1H3,(H2,23,24,25). The Morgan fingerprint density at radius 2 is 1.84 bits per heavy atom. The highest BCUT2D eigenvalue weighted by atomic mass is 35.5. The van der Waals surface area contributed by atoms with Crippen LogP contribution < -0.4 is 10.6 Å². The molecule has 132 valence electrons.